The zero-order valence-electron chi connectivity index (χ0n) is 9.01. The molecule has 0 saturated carbocycles. The summed E-state index contributed by atoms with van der Waals surface area (Å²) < 4.78 is 1.71. The maximum atomic E-state index is 9.50. The molecule has 1 heterocycles. The van der Waals surface area contributed by atoms with Gasteiger partial charge in [-0.3, -0.25) is 0 Å². The quantitative estimate of drug-likeness (QED) is 0.855. The molecule has 6 heteroatoms. The number of hydrogen-bond donors (Lipinski definition) is 2. The second kappa shape index (κ2) is 4.70. The van der Waals surface area contributed by atoms with Gasteiger partial charge in [-0.15, -0.1) is 0 Å². The molecule has 0 atom stereocenters. The van der Waals surface area contributed by atoms with Crippen molar-refractivity contribution in [1.29, 1.82) is 0 Å². The van der Waals surface area contributed by atoms with E-state index in [-0.39, 0.29) is 0 Å². The molecular formula is C9H15Cl2N3O. The van der Waals surface area contributed by atoms with Crippen LogP contribution in [0.3, 0.4) is 0 Å². The average Bonchev–Trinajstić information content (AvgIpc) is 2.29. The molecule has 4 nitrogen and oxygen atoms in total. The summed E-state index contributed by atoms with van der Waals surface area (Å²) in [7, 11) is 1.79. The van der Waals surface area contributed by atoms with Gasteiger partial charge in [0.05, 0.1) is 11.3 Å². The number of aromatic nitrogens is 2. The topological polar surface area (TPSA) is 50.1 Å². The molecule has 0 unspecified atom stereocenters. The highest BCUT2D eigenvalue weighted by molar-refractivity contribution is 6.32. The second-order valence-corrected chi connectivity index (χ2v) is 4.79. The largest absolute Gasteiger partial charge is 0.389 e. The lowest BCUT2D eigenvalue weighted by Crippen LogP contribution is -2.34. The molecule has 0 aliphatic carbocycles. The van der Waals surface area contributed by atoms with Crippen molar-refractivity contribution in [3.05, 3.63) is 16.1 Å². The first-order valence-electron chi connectivity index (χ1n) is 4.61. The third-order valence-electron chi connectivity index (χ3n) is 1.96. The van der Waals surface area contributed by atoms with E-state index in [1.165, 1.54) is 0 Å². The third kappa shape index (κ3) is 3.65. The summed E-state index contributed by atoms with van der Waals surface area (Å²) in [6.45, 7) is 4.47. The maximum absolute atomic E-state index is 9.50. The summed E-state index contributed by atoms with van der Waals surface area (Å²) >= 11 is 11.7. The second-order valence-electron chi connectivity index (χ2n) is 4.09. The molecule has 1 rings (SSSR count). The summed E-state index contributed by atoms with van der Waals surface area (Å²) in [5.41, 5.74) is 0.0698. The van der Waals surface area contributed by atoms with Crippen molar-refractivity contribution in [2.24, 2.45) is 7.05 Å². The molecule has 1 aromatic heterocycles. The van der Waals surface area contributed by atoms with E-state index in [1.807, 2.05) is 0 Å². The number of hydrogen-bond acceptors (Lipinski definition) is 3. The Morgan fingerprint density at radius 2 is 2.07 bits per heavy atom. The zero-order chi connectivity index (χ0) is 11.6. The molecule has 0 saturated heterocycles. The fourth-order valence-corrected chi connectivity index (χ4v) is 1.65. The van der Waals surface area contributed by atoms with Gasteiger partial charge in [-0.2, -0.15) is 0 Å². The molecule has 2 N–H and O–H groups in total. The predicted octanol–water partition coefficient (Wildman–Crippen LogP) is 1.59. The molecule has 0 aliphatic rings. The number of nitrogens with one attached hydrogen (secondary N) is 1. The lowest BCUT2D eigenvalue weighted by Gasteiger charge is -2.17. The summed E-state index contributed by atoms with van der Waals surface area (Å²) in [6.07, 6.45) is 0. The van der Waals surface area contributed by atoms with E-state index < -0.39 is 5.60 Å². The fraction of sp³-hybridized carbons (Fsp3) is 0.667. The van der Waals surface area contributed by atoms with Crippen LogP contribution in [0.5, 0.6) is 0 Å². The lowest BCUT2D eigenvalue weighted by molar-refractivity contribution is 0.0793. The smallest absolute Gasteiger partial charge is 0.204 e. The van der Waals surface area contributed by atoms with Crippen molar-refractivity contribution in [3.8, 4) is 0 Å². The van der Waals surface area contributed by atoms with Crippen LogP contribution in [0.2, 0.25) is 10.4 Å². The lowest BCUT2D eigenvalue weighted by atomic mass is 10.1. The number of halogens is 2. The van der Waals surface area contributed by atoms with Crippen molar-refractivity contribution in [3.63, 3.8) is 0 Å². The Morgan fingerprint density at radius 3 is 2.47 bits per heavy atom. The van der Waals surface area contributed by atoms with Gasteiger partial charge < -0.3 is 15.0 Å². The zero-order valence-corrected chi connectivity index (χ0v) is 10.5. The minimum atomic E-state index is -0.741. The van der Waals surface area contributed by atoms with Crippen LogP contribution in [0, 0.1) is 0 Å². The van der Waals surface area contributed by atoms with Crippen LogP contribution < -0.4 is 5.32 Å². The van der Waals surface area contributed by atoms with Gasteiger partial charge in [0, 0.05) is 20.1 Å². The molecule has 0 bridgehead atoms. The van der Waals surface area contributed by atoms with Gasteiger partial charge in [-0.25, -0.2) is 4.98 Å². The van der Waals surface area contributed by atoms with Crippen LogP contribution in [-0.4, -0.2) is 26.8 Å². The van der Waals surface area contributed by atoms with E-state index in [9.17, 15) is 5.11 Å². The van der Waals surface area contributed by atoms with E-state index in [4.69, 9.17) is 23.2 Å². The Balaban J connectivity index is 2.58. The highest BCUT2D eigenvalue weighted by atomic mass is 35.5. The molecule has 0 spiro atoms. The van der Waals surface area contributed by atoms with Gasteiger partial charge in [-0.05, 0) is 25.4 Å². The van der Waals surface area contributed by atoms with Crippen LogP contribution in [-0.2, 0) is 13.6 Å². The predicted molar refractivity (Wildman–Crippen MR) is 61.2 cm³/mol. The van der Waals surface area contributed by atoms with Crippen molar-refractivity contribution >= 4 is 23.2 Å². The van der Waals surface area contributed by atoms with E-state index in [1.54, 1.807) is 25.5 Å². The number of aliphatic hydroxyl groups is 1. The Labute approximate surface area is 99.2 Å². The summed E-state index contributed by atoms with van der Waals surface area (Å²) in [5.74, 6) is 0. The Morgan fingerprint density at radius 1 is 1.47 bits per heavy atom. The van der Waals surface area contributed by atoms with Gasteiger partial charge in [0.2, 0.25) is 5.28 Å². The van der Waals surface area contributed by atoms with E-state index in [0.717, 1.165) is 5.69 Å². The number of rotatable bonds is 4. The molecule has 0 aliphatic heterocycles. The molecule has 0 fully saturated rings. The van der Waals surface area contributed by atoms with Crippen molar-refractivity contribution < 1.29 is 5.11 Å². The molecular weight excluding hydrogens is 237 g/mol. The van der Waals surface area contributed by atoms with Crippen LogP contribution in [0.4, 0.5) is 0 Å². The summed E-state index contributed by atoms with van der Waals surface area (Å²) in [6, 6.07) is 0. The van der Waals surface area contributed by atoms with Gasteiger partial charge >= 0.3 is 0 Å². The SMILES string of the molecule is Cn1c(Cl)nc(Cl)c1CNCC(C)(C)O. The minimum Gasteiger partial charge on any atom is -0.389 e. The Kier molecular flexibility index (Phi) is 4.00. The van der Waals surface area contributed by atoms with Gasteiger partial charge in [0.25, 0.3) is 0 Å². The Hall–Kier alpha value is -0.290. The van der Waals surface area contributed by atoms with Crippen molar-refractivity contribution in [2.75, 3.05) is 6.54 Å². The Bertz CT molecular complexity index is 344. The maximum Gasteiger partial charge on any atom is 0.204 e. The molecule has 0 radical (unpaired) electrons. The number of imidazole rings is 1. The van der Waals surface area contributed by atoms with Crippen LogP contribution in [0.25, 0.3) is 0 Å². The van der Waals surface area contributed by atoms with Gasteiger partial charge in [0.15, 0.2) is 5.15 Å². The van der Waals surface area contributed by atoms with E-state index in [2.05, 4.69) is 10.3 Å². The van der Waals surface area contributed by atoms with Crippen LogP contribution >= 0.6 is 23.2 Å². The fourth-order valence-electron chi connectivity index (χ4n) is 1.15. The standard InChI is InChI=1S/C9H15Cl2N3O/c1-9(2,15)5-12-4-6-7(10)13-8(11)14(6)3/h12,15H,4-5H2,1-3H3. The molecule has 0 amide bonds. The molecule has 15 heavy (non-hydrogen) atoms. The average molecular weight is 252 g/mol. The highest BCUT2D eigenvalue weighted by Gasteiger charge is 2.14. The first-order valence-corrected chi connectivity index (χ1v) is 5.36. The van der Waals surface area contributed by atoms with Crippen molar-refractivity contribution in [1.82, 2.24) is 14.9 Å². The van der Waals surface area contributed by atoms with E-state index >= 15 is 0 Å². The van der Waals surface area contributed by atoms with Crippen LogP contribution in [0.15, 0.2) is 0 Å². The summed E-state index contributed by atoms with van der Waals surface area (Å²) in [4.78, 5) is 3.92. The minimum absolute atomic E-state index is 0.361. The molecule has 0 aromatic carbocycles. The van der Waals surface area contributed by atoms with E-state index in [0.29, 0.717) is 23.5 Å². The first-order chi connectivity index (χ1) is 6.81. The van der Waals surface area contributed by atoms with Crippen molar-refractivity contribution in [2.45, 2.75) is 26.0 Å². The van der Waals surface area contributed by atoms with Gasteiger partial charge in [-0.1, -0.05) is 11.6 Å². The van der Waals surface area contributed by atoms with Gasteiger partial charge in [0.1, 0.15) is 0 Å². The molecule has 86 valence electrons. The highest BCUT2D eigenvalue weighted by Crippen LogP contribution is 2.19. The molecule has 1 aromatic rings. The normalized spacial score (nSPS) is 12.1. The summed E-state index contributed by atoms with van der Waals surface area (Å²) in [5, 5.41) is 13.3. The number of nitrogens with zero attached hydrogens (tertiary/aromatic N) is 2. The monoisotopic (exact) mass is 251 g/mol. The van der Waals surface area contributed by atoms with Crippen LogP contribution in [0.1, 0.15) is 19.5 Å². The third-order valence-corrected chi connectivity index (χ3v) is 2.60. The first kappa shape index (κ1) is 12.8.